The first-order valence-electron chi connectivity index (χ1n) is 6.99. The van der Waals surface area contributed by atoms with Crippen LogP contribution < -0.4 is 0 Å². The first-order valence-corrected chi connectivity index (χ1v) is 6.99. The van der Waals surface area contributed by atoms with Crippen molar-refractivity contribution in [1.29, 1.82) is 0 Å². The molecule has 0 bridgehead atoms. The molecule has 0 aromatic heterocycles. The predicted molar refractivity (Wildman–Crippen MR) is 66.0 cm³/mol. The third kappa shape index (κ3) is 5.55. The van der Waals surface area contributed by atoms with E-state index in [9.17, 15) is 5.11 Å². The fraction of sp³-hybridized carbons (Fsp3) is 1.00. The maximum absolute atomic E-state index is 10.1. The Morgan fingerprint density at radius 1 is 0.867 bits per heavy atom. The van der Waals surface area contributed by atoms with Crippen LogP contribution in [0.1, 0.15) is 84.0 Å². The third-order valence-corrected chi connectivity index (χ3v) is 3.78. The van der Waals surface area contributed by atoms with Crippen LogP contribution in [0, 0.1) is 0 Å². The van der Waals surface area contributed by atoms with Crippen LogP contribution in [-0.2, 0) is 0 Å². The van der Waals surface area contributed by atoms with Gasteiger partial charge >= 0.3 is 0 Å². The zero-order valence-corrected chi connectivity index (χ0v) is 10.4. The summed E-state index contributed by atoms with van der Waals surface area (Å²) in [4.78, 5) is 0. The van der Waals surface area contributed by atoms with E-state index in [1.807, 2.05) is 0 Å². The molecule has 1 N–H and O–H groups in total. The molecule has 0 aromatic carbocycles. The SMILES string of the molecule is CCCCCCCCCC1(O)CCCC1. The summed E-state index contributed by atoms with van der Waals surface area (Å²) in [6.07, 6.45) is 15.1. The maximum atomic E-state index is 10.1. The standard InChI is InChI=1S/C14H28O/c1-2-3-4-5-6-7-8-11-14(15)12-9-10-13-14/h15H,2-13H2,1H3. The van der Waals surface area contributed by atoms with Crippen LogP contribution in [0.3, 0.4) is 0 Å². The Bertz CT molecular complexity index is 147. The number of unbranched alkanes of at least 4 members (excludes halogenated alkanes) is 6. The van der Waals surface area contributed by atoms with Crippen molar-refractivity contribution in [2.24, 2.45) is 0 Å². The monoisotopic (exact) mass is 212 g/mol. The van der Waals surface area contributed by atoms with E-state index < -0.39 is 0 Å². The molecule has 0 aromatic rings. The first kappa shape index (κ1) is 13.0. The minimum atomic E-state index is -0.260. The van der Waals surface area contributed by atoms with E-state index in [0.717, 1.165) is 19.3 Å². The molecule has 0 spiro atoms. The topological polar surface area (TPSA) is 20.2 Å². The summed E-state index contributed by atoms with van der Waals surface area (Å²) in [5, 5.41) is 10.1. The summed E-state index contributed by atoms with van der Waals surface area (Å²) < 4.78 is 0. The highest BCUT2D eigenvalue weighted by molar-refractivity contribution is 4.83. The van der Waals surface area contributed by atoms with Gasteiger partial charge in [-0.2, -0.15) is 0 Å². The Balaban J connectivity index is 1.88. The van der Waals surface area contributed by atoms with E-state index >= 15 is 0 Å². The fourth-order valence-corrected chi connectivity index (χ4v) is 2.69. The van der Waals surface area contributed by atoms with Crippen LogP contribution in [0.5, 0.6) is 0 Å². The van der Waals surface area contributed by atoms with Crippen LogP contribution in [-0.4, -0.2) is 10.7 Å². The van der Waals surface area contributed by atoms with Crippen LogP contribution >= 0.6 is 0 Å². The van der Waals surface area contributed by atoms with Crippen molar-refractivity contribution in [3.05, 3.63) is 0 Å². The van der Waals surface area contributed by atoms with Gasteiger partial charge < -0.3 is 5.11 Å². The quantitative estimate of drug-likeness (QED) is 0.590. The number of hydrogen-bond donors (Lipinski definition) is 1. The average molecular weight is 212 g/mol. The van der Waals surface area contributed by atoms with Gasteiger partial charge in [0.25, 0.3) is 0 Å². The number of rotatable bonds is 8. The van der Waals surface area contributed by atoms with Crippen LogP contribution in [0.4, 0.5) is 0 Å². The lowest BCUT2D eigenvalue weighted by atomic mass is 9.94. The molecular weight excluding hydrogens is 184 g/mol. The summed E-state index contributed by atoms with van der Waals surface area (Å²) in [7, 11) is 0. The lowest BCUT2D eigenvalue weighted by Gasteiger charge is -2.21. The second-order valence-corrected chi connectivity index (χ2v) is 5.30. The summed E-state index contributed by atoms with van der Waals surface area (Å²) in [6, 6.07) is 0. The zero-order valence-electron chi connectivity index (χ0n) is 10.4. The van der Waals surface area contributed by atoms with Gasteiger partial charge in [0.05, 0.1) is 5.60 Å². The van der Waals surface area contributed by atoms with Gasteiger partial charge in [-0.15, -0.1) is 0 Å². The highest BCUT2D eigenvalue weighted by Gasteiger charge is 2.29. The molecule has 0 radical (unpaired) electrons. The summed E-state index contributed by atoms with van der Waals surface area (Å²) in [5.74, 6) is 0. The first-order chi connectivity index (χ1) is 7.27. The lowest BCUT2D eigenvalue weighted by molar-refractivity contribution is 0.0361. The number of hydrogen-bond acceptors (Lipinski definition) is 1. The molecular formula is C14H28O. The molecule has 1 heteroatoms. The zero-order chi connectivity index (χ0) is 11.0. The van der Waals surface area contributed by atoms with Crippen molar-refractivity contribution >= 4 is 0 Å². The summed E-state index contributed by atoms with van der Waals surface area (Å²) >= 11 is 0. The highest BCUT2D eigenvalue weighted by Crippen LogP contribution is 2.33. The highest BCUT2D eigenvalue weighted by atomic mass is 16.3. The van der Waals surface area contributed by atoms with Crippen molar-refractivity contribution in [1.82, 2.24) is 0 Å². The van der Waals surface area contributed by atoms with Gasteiger partial charge in [0.2, 0.25) is 0 Å². The molecule has 1 nitrogen and oxygen atoms in total. The van der Waals surface area contributed by atoms with E-state index in [1.54, 1.807) is 0 Å². The second-order valence-electron chi connectivity index (χ2n) is 5.30. The molecule has 1 aliphatic carbocycles. The van der Waals surface area contributed by atoms with Gasteiger partial charge in [0.1, 0.15) is 0 Å². The van der Waals surface area contributed by atoms with Gasteiger partial charge in [-0.3, -0.25) is 0 Å². The lowest BCUT2D eigenvalue weighted by Crippen LogP contribution is -2.23. The third-order valence-electron chi connectivity index (χ3n) is 3.78. The Kier molecular flexibility index (Phi) is 6.31. The van der Waals surface area contributed by atoms with E-state index in [1.165, 1.54) is 57.8 Å². The van der Waals surface area contributed by atoms with Crippen molar-refractivity contribution in [3.63, 3.8) is 0 Å². The van der Waals surface area contributed by atoms with Crippen LogP contribution in [0.25, 0.3) is 0 Å². The van der Waals surface area contributed by atoms with Gasteiger partial charge in [0, 0.05) is 0 Å². The maximum Gasteiger partial charge on any atom is 0.0647 e. The van der Waals surface area contributed by atoms with Crippen molar-refractivity contribution in [3.8, 4) is 0 Å². The Morgan fingerprint density at radius 2 is 1.40 bits per heavy atom. The molecule has 0 atom stereocenters. The summed E-state index contributed by atoms with van der Waals surface area (Å²) in [5.41, 5.74) is -0.260. The molecule has 1 fully saturated rings. The number of aliphatic hydroxyl groups is 1. The fourth-order valence-electron chi connectivity index (χ4n) is 2.69. The van der Waals surface area contributed by atoms with Crippen molar-refractivity contribution in [2.45, 2.75) is 89.6 Å². The van der Waals surface area contributed by atoms with E-state index in [2.05, 4.69) is 6.92 Å². The molecule has 15 heavy (non-hydrogen) atoms. The van der Waals surface area contributed by atoms with Gasteiger partial charge in [-0.25, -0.2) is 0 Å². The molecule has 1 rings (SSSR count). The molecule has 0 unspecified atom stereocenters. The Morgan fingerprint density at radius 3 is 2.00 bits per heavy atom. The van der Waals surface area contributed by atoms with Gasteiger partial charge in [0.15, 0.2) is 0 Å². The van der Waals surface area contributed by atoms with E-state index in [0.29, 0.717) is 0 Å². The molecule has 0 aliphatic heterocycles. The molecule has 0 amide bonds. The average Bonchev–Trinajstić information content (AvgIpc) is 2.64. The molecule has 90 valence electrons. The smallest absolute Gasteiger partial charge is 0.0647 e. The van der Waals surface area contributed by atoms with E-state index in [-0.39, 0.29) is 5.60 Å². The molecule has 1 saturated carbocycles. The largest absolute Gasteiger partial charge is 0.390 e. The van der Waals surface area contributed by atoms with Crippen LogP contribution in [0.2, 0.25) is 0 Å². The van der Waals surface area contributed by atoms with Gasteiger partial charge in [-0.05, 0) is 19.3 Å². The minimum Gasteiger partial charge on any atom is -0.390 e. The van der Waals surface area contributed by atoms with E-state index in [4.69, 9.17) is 0 Å². The van der Waals surface area contributed by atoms with Crippen molar-refractivity contribution < 1.29 is 5.11 Å². The minimum absolute atomic E-state index is 0.260. The van der Waals surface area contributed by atoms with Crippen LogP contribution in [0.15, 0.2) is 0 Å². The normalized spacial score (nSPS) is 19.6. The molecule has 1 aliphatic rings. The predicted octanol–water partition coefficient (Wildman–Crippen LogP) is 4.43. The Labute approximate surface area is 95.3 Å². The molecule has 0 heterocycles. The summed E-state index contributed by atoms with van der Waals surface area (Å²) in [6.45, 7) is 2.26. The molecule has 0 saturated heterocycles. The Hall–Kier alpha value is -0.0400. The van der Waals surface area contributed by atoms with Crippen molar-refractivity contribution in [2.75, 3.05) is 0 Å². The second kappa shape index (κ2) is 7.27. The van der Waals surface area contributed by atoms with Gasteiger partial charge in [-0.1, -0.05) is 64.7 Å².